The Hall–Kier alpha value is -3.07. The Bertz CT molecular complexity index is 932. The van der Waals surface area contributed by atoms with Crippen molar-refractivity contribution >= 4 is 23.2 Å². The smallest absolute Gasteiger partial charge is 0.418 e. The molecule has 0 heterocycles. The third-order valence-corrected chi connectivity index (χ3v) is 4.80. The number of ether oxygens (including phenoxy) is 1. The van der Waals surface area contributed by atoms with Crippen molar-refractivity contribution in [1.82, 2.24) is 4.90 Å². The average Bonchev–Trinajstić information content (AvgIpc) is 2.71. The van der Waals surface area contributed by atoms with Gasteiger partial charge in [0.15, 0.2) is 0 Å². The molecule has 0 bridgehead atoms. The van der Waals surface area contributed by atoms with Gasteiger partial charge in [-0.2, -0.15) is 13.2 Å². The predicted molar refractivity (Wildman–Crippen MR) is 113 cm³/mol. The molecule has 0 aliphatic rings. The van der Waals surface area contributed by atoms with E-state index in [0.29, 0.717) is 18.0 Å². The highest BCUT2D eigenvalue weighted by molar-refractivity contribution is 5.97. The average molecular weight is 437 g/mol. The zero-order valence-electron chi connectivity index (χ0n) is 17.8. The van der Waals surface area contributed by atoms with Crippen LogP contribution in [0.4, 0.5) is 24.5 Å². The molecule has 1 unspecified atom stereocenters. The van der Waals surface area contributed by atoms with Crippen molar-refractivity contribution in [3.05, 3.63) is 53.6 Å². The van der Waals surface area contributed by atoms with Crippen molar-refractivity contribution in [2.45, 2.75) is 33.0 Å². The Morgan fingerprint density at radius 3 is 2.39 bits per heavy atom. The van der Waals surface area contributed by atoms with Crippen LogP contribution in [0.5, 0.6) is 5.75 Å². The monoisotopic (exact) mass is 437 g/mol. The van der Waals surface area contributed by atoms with Gasteiger partial charge in [0.05, 0.1) is 36.6 Å². The number of likely N-dealkylation sites (N-methyl/N-ethyl adjacent to an activating group) is 1. The van der Waals surface area contributed by atoms with Gasteiger partial charge in [0.2, 0.25) is 11.8 Å². The number of methoxy groups -OCH3 is 1. The summed E-state index contributed by atoms with van der Waals surface area (Å²) >= 11 is 0. The first-order chi connectivity index (χ1) is 14.6. The van der Waals surface area contributed by atoms with Crippen LogP contribution >= 0.6 is 0 Å². The Kier molecular flexibility index (Phi) is 8.04. The molecule has 0 radical (unpaired) electrons. The first kappa shape index (κ1) is 24.2. The van der Waals surface area contributed by atoms with Gasteiger partial charge in [0, 0.05) is 0 Å². The molecule has 31 heavy (non-hydrogen) atoms. The molecule has 9 heteroatoms. The lowest BCUT2D eigenvalue weighted by atomic mass is 10.1. The summed E-state index contributed by atoms with van der Waals surface area (Å²) in [5.41, 5.74) is 0.180. The van der Waals surface area contributed by atoms with Crippen LogP contribution in [-0.2, 0) is 15.8 Å². The van der Waals surface area contributed by atoms with E-state index >= 15 is 0 Å². The normalized spacial score (nSPS) is 12.4. The number of para-hydroxylation sites is 1. The van der Waals surface area contributed by atoms with Crippen LogP contribution in [0.15, 0.2) is 42.5 Å². The standard InChI is InChI=1S/C22H26F3N3O3/c1-5-28(13-20(29)26-17-9-7-6-8-16(17)22(23,24)25)15(3)21(30)27-18-12-14(2)10-11-19(18)31-4/h6-12,15H,5,13H2,1-4H3,(H,26,29)(H,27,30). The van der Waals surface area contributed by atoms with Crippen molar-refractivity contribution in [3.63, 3.8) is 0 Å². The van der Waals surface area contributed by atoms with Crippen LogP contribution in [0.2, 0.25) is 0 Å². The summed E-state index contributed by atoms with van der Waals surface area (Å²) in [6.07, 6.45) is -4.59. The number of halogens is 3. The Morgan fingerprint density at radius 1 is 1.10 bits per heavy atom. The summed E-state index contributed by atoms with van der Waals surface area (Å²) < 4.78 is 44.7. The second kappa shape index (κ2) is 10.3. The van der Waals surface area contributed by atoms with E-state index < -0.39 is 23.7 Å². The topological polar surface area (TPSA) is 70.7 Å². The van der Waals surface area contributed by atoms with Crippen LogP contribution in [0, 0.1) is 6.92 Å². The number of alkyl halides is 3. The van der Waals surface area contributed by atoms with E-state index in [2.05, 4.69) is 10.6 Å². The molecule has 1 atom stereocenters. The Labute approximate surface area is 179 Å². The zero-order valence-corrected chi connectivity index (χ0v) is 17.8. The minimum absolute atomic E-state index is 0.248. The predicted octanol–water partition coefficient (Wildman–Crippen LogP) is 4.31. The number of carbonyl (C=O) groups excluding carboxylic acids is 2. The molecule has 0 aliphatic carbocycles. The van der Waals surface area contributed by atoms with E-state index in [1.165, 1.54) is 25.3 Å². The number of hydrogen-bond acceptors (Lipinski definition) is 4. The summed E-state index contributed by atoms with van der Waals surface area (Å²) in [7, 11) is 1.49. The maximum atomic E-state index is 13.1. The second-order valence-electron chi connectivity index (χ2n) is 7.02. The molecule has 0 aliphatic heterocycles. The molecule has 2 aromatic carbocycles. The fourth-order valence-electron chi connectivity index (χ4n) is 3.06. The molecule has 0 saturated heterocycles. The molecule has 0 saturated carbocycles. The quantitative estimate of drug-likeness (QED) is 0.646. The second-order valence-corrected chi connectivity index (χ2v) is 7.02. The first-order valence-corrected chi connectivity index (χ1v) is 9.72. The summed E-state index contributed by atoms with van der Waals surface area (Å²) in [5.74, 6) is -0.517. The zero-order chi connectivity index (χ0) is 23.2. The molecule has 2 N–H and O–H groups in total. The molecule has 2 rings (SSSR count). The maximum Gasteiger partial charge on any atom is 0.418 e. The number of amides is 2. The van der Waals surface area contributed by atoms with E-state index in [9.17, 15) is 22.8 Å². The molecule has 0 spiro atoms. The number of aryl methyl sites for hydroxylation is 1. The van der Waals surface area contributed by atoms with Crippen LogP contribution in [0.1, 0.15) is 25.0 Å². The molecular weight excluding hydrogens is 411 g/mol. The molecule has 2 amide bonds. The lowest BCUT2D eigenvalue weighted by Crippen LogP contribution is -2.45. The number of rotatable bonds is 8. The number of nitrogens with one attached hydrogen (secondary N) is 2. The van der Waals surface area contributed by atoms with Crippen molar-refractivity contribution in [3.8, 4) is 5.75 Å². The van der Waals surface area contributed by atoms with E-state index in [4.69, 9.17) is 4.74 Å². The van der Waals surface area contributed by atoms with Gasteiger partial charge in [-0.3, -0.25) is 14.5 Å². The number of benzene rings is 2. The van der Waals surface area contributed by atoms with Crippen molar-refractivity contribution in [2.24, 2.45) is 0 Å². The van der Waals surface area contributed by atoms with Gasteiger partial charge in [0.1, 0.15) is 5.75 Å². The largest absolute Gasteiger partial charge is 0.495 e. The van der Waals surface area contributed by atoms with Gasteiger partial charge in [-0.1, -0.05) is 25.1 Å². The molecule has 0 fully saturated rings. The Balaban J connectivity index is 2.08. The highest BCUT2D eigenvalue weighted by Crippen LogP contribution is 2.34. The van der Waals surface area contributed by atoms with Crippen LogP contribution in [-0.4, -0.2) is 43.0 Å². The lowest BCUT2D eigenvalue weighted by molar-refractivity contribution is -0.137. The number of carbonyl (C=O) groups is 2. The maximum absolute atomic E-state index is 13.1. The molecular formula is C22H26F3N3O3. The number of anilines is 2. The minimum Gasteiger partial charge on any atom is -0.495 e. The van der Waals surface area contributed by atoms with Crippen LogP contribution in [0.25, 0.3) is 0 Å². The fourth-order valence-corrected chi connectivity index (χ4v) is 3.06. The van der Waals surface area contributed by atoms with Crippen LogP contribution < -0.4 is 15.4 Å². The highest BCUT2D eigenvalue weighted by atomic mass is 19.4. The Morgan fingerprint density at radius 2 is 1.77 bits per heavy atom. The minimum atomic E-state index is -4.59. The van der Waals surface area contributed by atoms with Gasteiger partial charge in [0.25, 0.3) is 0 Å². The molecule has 168 valence electrons. The van der Waals surface area contributed by atoms with Gasteiger partial charge >= 0.3 is 6.18 Å². The molecule has 2 aromatic rings. The van der Waals surface area contributed by atoms with E-state index in [0.717, 1.165) is 11.6 Å². The van der Waals surface area contributed by atoms with Crippen molar-refractivity contribution in [2.75, 3.05) is 30.8 Å². The highest BCUT2D eigenvalue weighted by Gasteiger charge is 2.33. The van der Waals surface area contributed by atoms with Crippen molar-refractivity contribution in [1.29, 1.82) is 0 Å². The van der Waals surface area contributed by atoms with Gasteiger partial charge in [-0.25, -0.2) is 0 Å². The number of nitrogens with zero attached hydrogens (tertiary/aromatic N) is 1. The molecule has 6 nitrogen and oxygen atoms in total. The third kappa shape index (κ3) is 6.45. The summed E-state index contributed by atoms with van der Waals surface area (Å²) in [6.45, 7) is 5.35. The summed E-state index contributed by atoms with van der Waals surface area (Å²) in [4.78, 5) is 26.7. The van der Waals surface area contributed by atoms with Gasteiger partial charge in [-0.05, 0) is 50.2 Å². The van der Waals surface area contributed by atoms with E-state index in [1.54, 1.807) is 30.9 Å². The van der Waals surface area contributed by atoms with Gasteiger partial charge in [-0.15, -0.1) is 0 Å². The van der Waals surface area contributed by atoms with Crippen molar-refractivity contribution < 1.29 is 27.5 Å². The van der Waals surface area contributed by atoms with E-state index in [1.807, 2.05) is 13.0 Å². The van der Waals surface area contributed by atoms with Gasteiger partial charge < -0.3 is 15.4 Å². The summed E-state index contributed by atoms with van der Waals surface area (Å²) in [5, 5.41) is 5.08. The number of hydrogen-bond donors (Lipinski definition) is 2. The van der Waals surface area contributed by atoms with E-state index in [-0.39, 0.29) is 18.1 Å². The SMILES string of the molecule is CCN(CC(=O)Nc1ccccc1C(F)(F)F)C(C)C(=O)Nc1cc(C)ccc1OC. The van der Waals surface area contributed by atoms with Crippen LogP contribution in [0.3, 0.4) is 0 Å². The fraction of sp³-hybridized carbons (Fsp3) is 0.364. The summed E-state index contributed by atoms with van der Waals surface area (Å²) in [6, 6.07) is 9.39. The lowest BCUT2D eigenvalue weighted by Gasteiger charge is -2.27. The third-order valence-electron chi connectivity index (χ3n) is 4.80. The molecule has 0 aromatic heterocycles. The first-order valence-electron chi connectivity index (χ1n) is 9.72.